The van der Waals surface area contributed by atoms with Crippen LogP contribution in [-0.2, 0) is 16.1 Å². The van der Waals surface area contributed by atoms with Crippen molar-refractivity contribution in [3.05, 3.63) is 34.9 Å². The number of nitrogens with zero attached hydrogens (tertiary/aromatic N) is 2. The summed E-state index contributed by atoms with van der Waals surface area (Å²) in [4.78, 5) is 40.6. The van der Waals surface area contributed by atoms with Gasteiger partial charge in [-0.25, -0.2) is 0 Å². The highest BCUT2D eigenvalue weighted by molar-refractivity contribution is 6.05. The molecular formula is C26H32F3N3O3. The molecule has 3 aliphatic heterocycles. The number of fused-ring (bicyclic) bond motifs is 1. The van der Waals surface area contributed by atoms with Gasteiger partial charge in [0.2, 0.25) is 11.8 Å². The lowest BCUT2D eigenvalue weighted by atomic mass is 9.81. The highest BCUT2D eigenvalue weighted by Gasteiger charge is 2.42. The summed E-state index contributed by atoms with van der Waals surface area (Å²) in [7, 11) is 0. The number of likely N-dealkylation sites (tertiary alicyclic amines) is 1. The first-order chi connectivity index (χ1) is 16.7. The van der Waals surface area contributed by atoms with Crippen LogP contribution in [0.3, 0.4) is 0 Å². The Bertz CT molecular complexity index is 995. The Balaban J connectivity index is 1.14. The molecule has 0 bridgehead atoms. The van der Waals surface area contributed by atoms with Gasteiger partial charge in [0.25, 0.3) is 5.91 Å². The third-order valence-corrected chi connectivity index (χ3v) is 8.43. The van der Waals surface area contributed by atoms with E-state index >= 15 is 0 Å². The molecule has 3 amide bonds. The zero-order valence-corrected chi connectivity index (χ0v) is 19.8. The first-order valence-electron chi connectivity index (χ1n) is 12.8. The average molecular weight is 492 g/mol. The predicted octanol–water partition coefficient (Wildman–Crippen LogP) is 4.00. The second kappa shape index (κ2) is 9.56. The number of alkyl halides is 3. The van der Waals surface area contributed by atoms with Crippen LogP contribution in [0, 0.1) is 11.8 Å². The van der Waals surface area contributed by atoms with Crippen molar-refractivity contribution >= 4 is 17.7 Å². The van der Waals surface area contributed by atoms with Crippen molar-refractivity contribution in [1.82, 2.24) is 15.1 Å². The summed E-state index contributed by atoms with van der Waals surface area (Å²) in [6, 6.07) is 5.37. The van der Waals surface area contributed by atoms with Gasteiger partial charge in [-0.2, -0.15) is 13.2 Å². The minimum Gasteiger partial charge on any atom is -0.322 e. The largest absolute Gasteiger partial charge is 0.391 e. The molecule has 2 saturated heterocycles. The van der Waals surface area contributed by atoms with Gasteiger partial charge in [-0.05, 0) is 87.1 Å². The smallest absolute Gasteiger partial charge is 0.322 e. The summed E-state index contributed by atoms with van der Waals surface area (Å²) in [5, 5.41) is 2.33. The minimum atomic E-state index is -4.05. The average Bonchev–Trinajstić information content (AvgIpc) is 3.15. The molecule has 1 aromatic carbocycles. The van der Waals surface area contributed by atoms with E-state index in [4.69, 9.17) is 0 Å². The number of hydrogen-bond donors (Lipinski definition) is 1. The van der Waals surface area contributed by atoms with E-state index < -0.39 is 24.0 Å². The lowest BCUT2D eigenvalue weighted by molar-refractivity contribution is -0.184. The van der Waals surface area contributed by atoms with Crippen LogP contribution < -0.4 is 5.32 Å². The molecule has 190 valence electrons. The molecule has 3 heterocycles. The van der Waals surface area contributed by atoms with E-state index in [1.54, 1.807) is 4.90 Å². The number of imide groups is 1. The molecule has 1 atom stereocenters. The maximum absolute atomic E-state index is 12.9. The SMILES string of the molecule is O=C1CCC(N2Cc3cc(C4CCN(C[C@H]5CC[C@@H](C(F)(F)F)CC5)CC4)ccc3C2=O)C(=O)N1. The number of carbonyl (C=O) groups is 3. The van der Waals surface area contributed by atoms with Crippen LogP contribution in [0.5, 0.6) is 0 Å². The Hall–Kier alpha value is -2.42. The van der Waals surface area contributed by atoms with E-state index in [1.165, 1.54) is 5.56 Å². The zero-order chi connectivity index (χ0) is 24.7. The van der Waals surface area contributed by atoms with Gasteiger partial charge in [0, 0.05) is 25.1 Å². The van der Waals surface area contributed by atoms with Crippen molar-refractivity contribution in [2.45, 2.75) is 76.0 Å². The molecule has 35 heavy (non-hydrogen) atoms. The number of hydrogen-bond acceptors (Lipinski definition) is 4. The molecule has 0 aromatic heterocycles. The Morgan fingerprint density at radius 2 is 1.66 bits per heavy atom. The molecule has 9 heteroatoms. The van der Waals surface area contributed by atoms with Crippen LogP contribution in [0.1, 0.15) is 78.8 Å². The molecule has 4 aliphatic rings. The number of nitrogens with one attached hydrogen (secondary N) is 1. The van der Waals surface area contributed by atoms with Gasteiger partial charge in [0.05, 0.1) is 5.92 Å². The van der Waals surface area contributed by atoms with Crippen LogP contribution in [-0.4, -0.2) is 59.4 Å². The Labute approximate surface area is 203 Å². The zero-order valence-electron chi connectivity index (χ0n) is 19.8. The van der Waals surface area contributed by atoms with Gasteiger partial charge >= 0.3 is 6.18 Å². The first kappa shape index (κ1) is 24.3. The van der Waals surface area contributed by atoms with Gasteiger partial charge in [-0.15, -0.1) is 0 Å². The van der Waals surface area contributed by atoms with Gasteiger partial charge in [-0.3, -0.25) is 19.7 Å². The van der Waals surface area contributed by atoms with Crippen molar-refractivity contribution in [1.29, 1.82) is 0 Å². The lowest BCUT2D eigenvalue weighted by Crippen LogP contribution is -2.52. The number of carbonyl (C=O) groups excluding carboxylic acids is 3. The molecule has 1 unspecified atom stereocenters. The fourth-order valence-corrected chi connectivity index (χ4v) is 6.33. The topological polar surface area (TPSA) is 69.7 Å². The highest BCUT2D eigenvalue weighted by atomic mass is 19.4. The number of rotatable bonds is 4. The second-order valence-electron chi connectivity index (χ2n) is 10.7. The summed E-state index contributed by atoms with van der Waals surface area (Å²) in [6.07, 6.45) is 0.352. The lowest BCUT2D eigenvalue weighted by Gasteiger charge is -2.37. The van der Waals surface area contributed by atoms with Gasteiger partial charge < -0.3 is 9.80 Å². The van der Waals surface area contributed by atoms with Gasteiger partial charge in [0.1, 0.15) is 6.04 Å². The fourth-order valence-electron chi connectivity index (χ4n) is 6.33. The van der Waals surface area contributed by atoms with Crippen LogP contribution >= 0.6 is 0 Å². The number of amides is 3. The maximum Gasteiger partial charge on any atom is 0.391 e. The third kappa shape index (κ3) is 5.10. The van der Waals surface area contributed by atoms with Crippen molar-refractivity contribution in [2.24, 2.45) is 11.8 Å². The van der Waals surface area contributed by atoms with E-state index in [0.29, 0.717) is 43.2 Å². The summed E-state index contributed by atoms with van der Waals surface area (Å²) < 4.78 is 38.8. The summed E-state index contributed by atoms with van der Waals surface area (Å²) in [5.41, 5.74) is 2.76. The normalized spacial score (nSPS) is 28.8. The molecule has 1 aliphatic carbocycles. The number of piperidine rings is 2. The molecule has 1 aromatic rings. The Morgan fingerprint density at radius 3 is 2.31 bits per heavy atom. The van der Waals surface area contributed by atoms with Crippen LogP contribution in [0.25, 0.3) is 0 Å². The molecule has 0 radical (unpaired) electrons. The summed E-state index contributed by atoms with van der Waals surface area (Å²) >= 11 is 0. The molecular weight excluding hydrogens is 459 g/mol. The van der Waals surface area contributed by atoms with Crippen LogP contribution in [0.4, 0.5) is 13.2 Å². The van der Waals surface area contributed by atoms with E-state index in [9.17, 15) is 27.6 Å². The monoisotopic (exact) mass is 491 g/mol. The predicted molar refractivity (Wildman–Crippen MR) is 122 cm³/mol. The minimum absolute atomic E-state index is 0.156. The Morgan fingerprint density at radius 1 is 0.943 bits per heavy atom. The van der Waals surface area contributed by atoms with Crippen molar-refractivity contribution in [2.75, 3.05) is 19.6 Å². The third-order valence-electron chi connectivity index (χ3n) is 8.43. The highest BCUT2D eigenvalue weighted by Crippen LogP contribution is 2.40. The maximum atomic E-state index is 12.9. The molecule has 5 rings (SSSR count). The molecule has 3 fully saturated rings. The van der Waals surface area contributed by atoms with E-state index in [2.05, 4.69) is 16.3 Å². The molecule has 6 nitrogen and oxygen atoms in total. The second-order valence-corrected chi connectivity index (χ2v) is 10.7. The molecule has 1 N–H and O–H groups in total. The summed E-state index contributed by atoms with van der Waals surface area (Å²) in [6.45, 7) is 3.13. The number of benzene rings is 1. The van der Waals surface area contributed by atoms with E-state index in [1.807, 2.05) is 12.1 Å². The Kier molecular flexibility index (Phi) is 6.63. The molecule has 1 saturated carbocycles. The van der Waals surface area contributed by atoms with Gasteiger partial charge in [0.15, 0.2) is 0 Å². The standard InChI is InChI=1S/C26H32F3N3O3/c27-26(28,29)20-4-1-16(2-5-20)14-31-11-9-17(10-12-31)18-3-6-21-19(13-18)15-32(25(21)35)22-7-8-23(33)30-24(22)34/h3,6,13,16-17,20,22H,1-2,4-5,7-12,14-15H2,(H,30,33,34)/t16-,20+,22?. The van der Waals surface area contributed by atoms with Gasteiger partial charge in [-0.1, -0.05) is 12.1 Å². The quantitative estimate of drug-likeness (QED) is 0.647. The van der Waals surface area contributed by atoms with E-state index in [0.717, 1.165) is 38.0 Å². The van der Waals surface area contributed by atoms with Crippen LogP contribution in [0.15, 0.2) is 18.2 Å². The molecule has 0 spiro atoms. The fraction of sp³-hybridized carbons (Fsp3) is 0.654. The van der Waals surface area contributed by atoms with Crippen molar-refractivity contribution < 1.29 is 27.6 Å². The first-order valence-corrected chi connectivity index (χ1v) is 12.8. The van der Waals surface area contributed by atoms with E-state index in [-0.39, 0.29) is 31.1 Å². The summed E-state index contributed by atoms with van der Waals surface area (Å²) in [5.74, 6) is -1.23. The number of halogens is 3. The van der Waals surface area contributed by atoms with Crippen LogP contribution in [0.2, 0.25) is 0 Å². The van der Waals surface area contributed by atoms with Crippen molar-refractivity contribution in [3.8, 4) is 0 Å². The van der Waals surface area contributed by atoms with Crippen molar-refractivity contribution in [3.63, 3.8) is 0 Å².